The van der Waals surface area contributed by atoms with Crippen LogP contribution in [0.2, 0.25) is 0 Å². The maximum Gasteiger partial charge on any atom is 0.272 e. The van der Waals surface area contributed by atoms with Crippen LogP contribution in [0.4, 0.5) is 8.78 Å². The molecule has 2 rings (SSSR count). The van der Waals surface area contributed by atoms with Gasteiger partial charge in [-0.25, -0.2) is 8.78 Å². The van der Waals surface area contributed by atoms with Crippen molar-refractivity contribution in [2.24, 2.45) is 5.73 Å². The Balaban J connectivity index is 1.95. The SMILES string of the molecule is NCC(F)(F)CN1C2CCC1CC2. The Bertz CT molecular complexity index is 176. The molecular formula is C9H16F2N2. The first-order chi connectivity index (χ1) is 6.12. The molecule has 0 unspecified atom stereocenters. The van der Waals surface area contributed by atoms with Gasteiger partial charge in [0.1, 0.15) is 0 Å². The van der Waals surface area contributed by atoms with Crippen molar-refractivity contribution in [3.8, 4) is 0 Å². The summed E-state index contributed by atoms with van der Waals surface area (Å²) in [5.74, 6) is -2.69. The molecule has 76 valence electrons. The fourth-order valence-corrected chi connectivity index (χ4v) is 2.61. The zero-order valence-corrected chi connectivity index (χ0v) is 7.68. The number of hydrogen-bond donors (Lipinski definition) is 1. The summed E-state index contributed by atoms with van der Waals surface area (Å²) in [6.07, 6.45) is 4.41. The van der Waals surface area contributed by atoms with E-state index in [-0.39, 0.29) is 6.54 Å². The Kier molecular flexibility index (Phi) is 2.28. The summed E-state index contributed by atoms with van der Waals surface area (Å²) < 4.78 is 26.0. The van der Waals surface area contributed by atoms with Crippen molar-refractivity contribution in [2.45, 2.75) is 43.7 Å². The fourth-order valence-electron chi connectivity index (χ4n) is 2.61. The monoisotopic (exact) mass is 190 g/mol. The van der Waals surface area contributed by atoms with Gasteiger partial charge in [0.25, 0.3) is 5.92 Å². The van der Waals surface area contributed by atoms with Gasteiger partial charge in [-0.3, -0.25) is 4.90 Å². The number of rotatable bonds is 3. The Morgan fingerprint density at radius 2 is 1.62 bits per heavy atom. The smallest absolute Gasteiger partial charge is 0.272 e. The summed E-state index contributed by atoms with van der Waals surface area (Å²) in [5, 5.41) is 0. The number of fused-ring (bicyclic) bond motifs is 2. The molecule has 2 fully saturated rings. The van der Waals surface area contributed by atoms with E-state index in [1.54, 1.807) is 0 Å². The van der Waals surface area contributed by atoms with Crippen LogP contribution in [0.1, 0.15) is 25.7 Å². The molecule has 0 aromatic rings. The Morgan fingerprint density at radius 3 is 2.00 bits per heavy atom. The maximum absolute atomic E-state index is 13.0. The van der Waals surface area contributed by atoms with Crippen molar-refractivity contribution in [3.63, 3.8) is 0 Å². The van der Waals surface area contributed by atoms with Crippen molar-refractivity contribution >= 4 is 0 Å². The van der Waals surface area contributed by atoms with Crippen molar-refractivity contribution in [3.05, 3.63) is 0 Å². The lowest BCUT2D eigenvalue weighted by atomic mass is 10.0. The number of halogens is 2. The van der Waals surface area contributed by atoms with Crippen molar-refractivity contribution in [1.29, 1.82) is 0 Å². The lowest BCUT2D eigenvalue weighted by Crippen LogP contribution is -2.43. The Labute approximate surface area is 77.1 Å². The van der Waals surface area contributed by atoms with Crippen LogP contribution in [0, 0.1) is 0 Å². The molecule has 2 nitrogen and oxygen atoms in total. The minimum atomic E-state index is -2.69. The highest BCUT2D eigenvalue weighted by molar-refractivity contribution is 4.96. The van der Waals surface area contributed by atoms with Crippen LogP contribution >= 0.6 is 0 Å². The molecule has 0 saturated carbocycles. The van der Waals surface area contributed by atoms with Crippen LogP contribution in [0.25, 0.3) is 0 Å². The van der Waals surface area contributed by atoms with E-state index in [4.69, 9.17) is 5.73 Å². The Morgan fingerprint density at radius 1 is 1.15 bits per heavy atom. The van der Waals surface area contributed by atoms with Gasteiger partial charge < -0.3 is 5.73 Å². The van der Waals surface area contributed by atoms with E-state index in [0.29, 0.717) is 12.1 Å². The molecule has 2 aliphatic rings. The van der Waals surface area contributed by atoms with E-state index in [1.165, 1.54) is 0 Å². The van der Waals surface area contributed by atoms with Gasteiger partial charge in [-0.1, -0.05) is 0 Å². The molecule has 0 aliphatic carbocycles. The van der Waals surface area contributed by atoms with Crippen LogP contribution < -0.4 is 5.73 Å². The van der Waals surface area contributed by atoms with E-state index in [9.17, 15) is 8.78 Å². The van der Waals surface area contributed by atoms with Crippen LogP contribution in [0.5, 0.6) is 0 Å². The van der Waals surface area contributed by atoms with Crippen LogP contribution in [0.3, 0.4) is 0 Å². The number of alkyl halides is 2. The molecule has 2 N–H and O–H groups in total. The topological polar surface area (TPSA) is 29.3 Å². The van der Waals surface area contributed by atoms with Gasteiger partial charge in [0, 0.05) is 12.1 Å². The third-order valence-electron chi connectivity index (χ3n) is 3.32. The number of hydrogen-bond acceptors (Lipinski definition) is 2. The zero-order valence-electron chi connectivity index (χ0n) is 7.68. The molecule has 2 aliphatic heterocycles. The first kappa shape index (κ1) is 9.34. The highest BCUT2D eigenvalue weighted by atomic mass is 19.3. The van der Waals surface area contributed by atoms with E-state index in [0.717, 1.165) is 25.7 Å². The quantitative estimate of drug-likeness (QED) is 0.724. The van der Waals surface area contributed by atoms with Crippen LogP contribution in [-0.2, 0) is 0 Å². The maximum atomic E-state index is 13.0. The summed E-state index contributed by atoms with van der Waals surface area (Å²) in [7, 11) is 0. The highest BCUT2D eigenvalue weighted by Gasteiger charge is 2.43. The Hall–Kier alpha value is -0.220. The molecule has 0 aromatic heterocycles. The second kappa shape index (κ2) is 3.17. The van der Waals surface area contributed by atoms with Crippen molar-refractivity contribution < 1.29 is 8.78 Å². The highest BCUT2D eigenvalue weighted by Crippen LogP contribution is 2.38. The lowest BCUT2D eigenvalue weighted by Gasteiger charge is -2.26. The molecular weight excluding hydrogens is 174 g/mol. The predicted octanol–water partition coefficient (Wildman–Crippen LogP) is 1.21. The molecule has 4 heteroatoms. The zero-order chi connectivity index (χ0) is 9.47. The minimum absolute atomic E-state index is 0.126. The van der Waals surface area contributed by atoms with E-state index < -0.39 is 12.5 Å². The number of nitrogens with zero attached hydrogens (tertiary/aromatic N) is 1. The minimum Gasteiger partial charge on any atom is -0.325 e. The molecule has 13 heavy (non-hydrogen) atoms. The molecule has 0 aromatic carbocycles. The summed E-state index contributed by atoms with van der Waals surface area (Å²) in [4.78, 5) is 1.97. The average Bonchev–Trinajstić information content (AvgIpc) is 2.65. The molecule has 0 amide bonds. The molecule has 0 spiro atoms. The van der Waals surface area contributed by atoms with Gasteiger partial charge in [-0.2, -0.15) is 0 Å². The standard InChI is InChI=1S/C9H16F2N2/c10-9(11,5-12)6-13-7-1-2-8(13)4-3-7/h7-8H,1-6,12H2. The number of nitrogens with two attached hydrogens (primary N) is 1. The van der Waals surface area contributed by atoms with E-state index in [1.807, 2.05) is 4.90 Å². The summed E-state index contributed by atoms with van der Waals surface area (Å²) in [5.41, 5.74) is 5.02. The lowest BCUT2D eigenvalue weighted by molar-refractivity contribution is -0.0280. The predicted molar refractivity (Wildman–Crippen MR) is 46.8 cm³/mol. The van der Waals surface area contributed by atoms with Gasteiger partial charge in [0.05, 0.1) is 13.1 Å². The average molecular weight is 190 g/mol. The van der Waals surface area contributed by atoms with Crippen molar-refractivity contribution in [2.75, 3.05) is 13.1 Å². The molecule has 2 saturated heterocycles. The van der Waals surface area contributed by atoms with E-state index in [2.05, 4.69) is 0 Å². The largest absolute Gasteiger partial charge is 0.325 e. The van der Waals surface area contributed by atoms with Gasteiger partial charge in [-0.15, -0.1) is 0 Å². The first-order valence-corrected chi connectivity index (χ1v) is 4.96. The van der Waals surface area contributed by atoms with Crippen LogP contribution in [0.15, 0.2) is 0 Å². The summed E-state index contributed by atoms with van der Waals surface area (Å²) in [6.45, 7) is -0.651. The second-order valence-corrected chi connectivity index (χ2v) is 4.19. The summed E-state index contributed by atoms with van der Waals surface area (Å²) >= 11 is 0. The summed E-state index contributed by atoms with van der Waals surface area (Å²) in [6, 6.07) is 0.838. The van der Waals surface area contributed by atoms with Crippen LogP contribution in [-0.4, -0.2) is 36.0 Å². The normalized spacial score (nSPS) is 34.4. The third kappa shape index (κ3) is 1.70. The van der Waals surface area contributed by atoms with Gasteiger partial charge in [-0.05, 0) is 25.7 Å². The fraction of sp³-hybridized carbons (Fsp3) is 1.00. The van der Waals surface area contributed by atoms with Gasteiger partial charge in [0.2, 0.25) is 0 Å². The molecule has 2 bridgehead atoms. The first-order valence-electron chi connectivity index (χ1n) is 4.96. The van der Waals surface area contributed by atoms with Gasteiger partial charge in [0.15, 0.2) is 0 Å². The van der Waals surface area contributed by atoms with E-state index >= 15 is 0 Å². The molecule has 0 atom stereocenters. The molecule has 2 heterocycles. The van der Waals surface area contributed by atoms with Crippen molar-refractivity contribution in [1.82, 2.24) is 4.90 Å². The molecule has 0 radical (unpaired) electrons. The third-order valence-corrected chi connectivity index (χ3v) is 3.32. The van der Waals surface area contributed by atoms with Gasteiger partial charge >= 0.3 is 0 Å². The second-order valence-electron chi connectivity index (χ2n) is 4.19.